The van der Waals surface area contributed by atoms with E-state index in [2.05, 4.69) is 9.27 Å². The molecule has 1 saturated heterocycles. The van der Waals surface area contributed by atoms with Gasteiger partial charge < -0.3 is 19.6 Å². The second-order valence-corrected chi connectivity index (χ2v) is 8.53. The molecular weight excluding hydrogens is 390 g/mol. The number of cyclic esters (lactones) is 1. The number of ether oxygens (including phenoxy) is 1. The Morgan fingerprint density at radius 3 is 2.83 bits per heavy atom. The predicted octanol–water partition coefficient (Wildman–Crippen LogP) is 2.53. The number of carbonyl (C=O) groups excluding carboxylic acids is 2. The number of anilines is 1. The second kappa shape index (κ2) is 8.22. The summed E-state index contributed by atoms with van der Waals surface area (Å²) in [6, 6.07) is 5.42. The van der Waals surface area contributed by atoms with Gasteiger partial charge in [-0.05, 0) is 67.6 Å². The maximum atomic E-state index is 12.7. The van der Waals surface area contributed by atoms with E-state index in [1.165, 1.54) is 11.5 Å². The number of piperidine rings is 1. The molecule has 8 heteroatoms. The van der Waals surface area contributed by atoms with Gasteiger partial charge in [0.25, 0.3) is 0 Å². The van der Waals surface area contributed by atoms with Crippen molar-refractivity contribution in [3.63, 3.8) is 0 Å². The normalized spacial score (nSPS) is 18.4. The number of aliphatic hydroxyl groups is 1. The van der Waals surface area contributed by atoms with Crippen LogP contribution in [0.2, 0.25) is 0 Å². The molecule has 7 nitrogen and oxygen atoms in total. The summed E-state index contributed by atoms with van der Waals surface area (Å²) in [6.07, 6.45) is 2.63. The van der Waals surface area contributed by atoms with Crippen LogP contribution in [-0.4, -0.2) is 52.9 Å². The van der Waals surface area contributed by atoms with Crippen molar-refractivity contribution in [2.45, 2.75) is 32.5 Å². The Morgan fingerprint density at radius 1 is 1.38 bits per heavy atom. The van der Waals surface area contributed by atoms with E-state index in [0.717, 1.165) is 47.6 Å². The number of benzene rings is 1. The van der Waals surface area contributed by atoms with Gasteiger partial charge in [0, 0.05) is 31.3 Å². The smallest absolute Gasteiger partial charge is 0.338 e. The largest absolute Gasteiger partial charge is 0.457 e. The summed E-state index contributed by atoms with van der Waals surface area (Å²) in [5.41, 5.74) is 3.24. The van der Waals surface area contributed by atoms with Crippen LogP contribution in [0.1, 0.15) is 46.0 Å². The summed E-state index contributed by atoms with van der Waals surface area (Å²) in [5, 5.41) is 11.7. The summed E-state index contributed by atoms with van der Waals surface area (Å²) in [5.74, 6) is -0.159. The van der Waals surface area contributed by atoms with Crippen LogP contribution in [0.4, 0.5) is 5.00 Å². The van der Waals surface area contributed by atoms with Crippen molar-refractivity contribution in [1.29, 1.82) is 0 Å². The fraction of sp³-hybridized carbons (Fsp3) is 0.476. The van der Waals surface area contributed by atoms with Crippen molar-refractivity contribution >= 4 is 28.4 Å². The van der Waals surface area contributed by atoms with Crippen molar-refractivity contribution < 1.29 is 19.4 Å². The third-order valence-electron chi connectivity index (χ3n) is 6.02. The van der Waals surface area contributed by atoms with Crippen LogP contribution >= 0.6 is 11.5 Å². The Balaban J connectivity index is 1.34. The Morgan fingerprint density at radius 2 is 2.14 bits per heavy atom. The number of nitrogens with zero attached hydrogens (tertiary/aromatic N) is 3. The molecule has 0 radical (unpaired) electrons. The van der Waals surface area contributed by atoms with Gasteiger partial charge in [0.1, 0.15) is 11.6 Å². The summed E-state index contributed by atoms with van der Waals surface area (Å²) in [6.45, 7) is 4.27. The maximum Gasteiger partial charge on any atom is 0.338 e. The van der Waals surface area contributed by atoms with Crippen molar-refractivity contribution in [2.75, 3.05) is 31.6 Å². The minimum absolute atomic E-state index is 0.000356. The molecule has 1 unspecified atom stereocenters. The topological polar surface area (TPSA) is 83.0 Å². The lowest BCUT2D eigenvalue weighted by Crippen LogP contribution is -2.42. The van der Waals surface area contributed by atoms with Gasteiger partial charge in [0.15, 0.2) is 0 Å². The molecule has 154 valence electrons. The lowest BCUT2D eigenvalue weighted by Gasteiger charge is -2.34. The first-order valence-corrected chi connectivity index (χ1v) is 10.6. The van der Waals surface area contributed by atoms with Crippen LogP contribution in [0, 0.1) is 12.8 Å². The van der Waals surface area contributed by atoms with Gasteiger partial charge in [-0.25, -0.2) is 4.79 Å². The molecule has 1 aromatic carbocycles. The van der Waals surface area contributed by atoms with E-state index in [1.807, 2.05) is 19.1 Å². The average molecular weight is 416 g/mol. The first-order chi connectivity index (χ1) is 14.0. The molecule has 0 spiro atoms. The molecular formula is C21H25N3O4S. The molecule has 1 fully saturated rings. The molecule has 2 aliphatic heterocycles. The van der Waals surface area contributed by atoms with E-state index < -0.39 is 6.10 Å². The van der Waals surface area contributed by atoms with Crippen molar-refractivity contribution in [3.8, 4) is 0 Å². The highest BCUT2D eigenvalue weighted by atomic mass is 32.1. The molecule has 29 heavy (non-hydrogen) atoms. The minimum atomic E-state index is -0.636. The summed E-state index contributed by atoms with van der Waals surface area (Å²) in [7, 11) is 1.80. The third-order valence-corrected chi connectivity index (χ3v) is 6.84. The van der Waals surface area contributed by atoms with E-state index in [1.54, 1.807) is 24.2 Å². The van der Waals surface area contributed by atoms with E-state index in [9.17, 15) is 14.7 Å². The first-order valence-electron chi connectivity index (χ1n) is 9.84. The number of fused-ring (bicyclic) bond motifs is 1. The molecule has 1 atom stereocenters. The quantitative estimate of drug-likeness (QED) is 0.756. The van der Waals surface area contributed by atoms with Crippen LogP contribution < -0.4 is 4.90 Å². The maximum absolute atomic E-state index is 12.7. The number of rotatable bonds is 5. The van der Waals surface area contributed by atoms with Crippen LogP contribution in [0.5, 0.6) is 0 Å². The zero-order chi connectivity index (χ0) is 20.5. The fourth-order valence-corrected chi connectivity index (χ4v) is 4.76. The van der Waals surface area contributed by atoms with E-state index in [-0.39, 0.29) is 24.4 Å². The Bertz CT molecular complexity index is 907. The standard InChI is InChI=1S/C21H25N3O4S/c1-13-15(3-4-16-17(13)12-28-21(16)27)18(25)11-24-9-6-14(7-10-24)20(26)23(2)19-5-8-22-29-19/h3-5,8,14,18,25H,6-7,9-12H2,1-2H3. The van der Waals surface area contributed by atoms with Gasteiger partial charge in [-0.2, -0.15) is 4.37 Å². The molecule has 2 aromatic rings. The molecule has 3 heterocycles. The fourth-order valence-electron chi connectivity index (χ4n) is 4.20. The molecule has 0 aliphatic carbocycles. The second-order valence-electron chi connectivity index (χ2n) is 7.72. The highest BCUT2D eigenvalue weighted by Gasteiger charge is 2.30. The number of hydrogen-bond acceptors (Lipinski definition) is 7. The minimum Gasteiger partial charge on any atom is -0.457 e. The SMILES string of the molecule is Cc1c(C(O)CN2CCC(C(=O)N(C)c3ccns3)CC2)ccc2c1COC2=O. The third kappa shape index (κ3) is 3.92. The number of hydrogen-bond donors (Lipinski definition) is 1. The van der Waals surface area contributed by atoms with Crippen molar-refractivity contribution in [3.05, 3.63) is 46.6 Å². The number of esters is 1. The number of carbonyl (C=O) groups is 2. The van der Waals surface area contributed by atoms with Crippen LogP contribution in [0.15, 0.2) is 24.4 Å². The molecule has 0 bridgehead atoms. The highest BCUT2D eigenvalue weighted by molar-refractivity contribution is 7.10. The monoisotopic (exact) mass is 415 g/mol. The molecule has 1 N–H and O–H groups in total. The van der Waals surface area contributed by atoms with Crippen molar-refractivity contribution in [1.82, 2.24) is 9.27 Å². The molecule has 4 rings (SSSR count). The number of likely N-dealkylation sites (tertiary alicyclic amines) is 1. The Labute approximate surface area is 174 Å². The molecule has 0 saturated carbocycles. The number of amides is 1. The average Bonchev–Trinajstić information content (AvgIpc) is 3.38. The first kappa shape index (κ1) is 20.0. The van der Waals surface area contributed by atoms with E-state index in [0.29, 0.717) is 12.1 Å². The predicted molar refractivity (Wildman–Crippen MR) is 110 cm³/mol. The summed E-state index contributed by atoms with van der Waals surface area (Å²) >= 11 is 1.32. The lowest BCUT2D eigenvalue weighted by molar-refractivity contribution is -0.123. The van der Waals surface area contributed by atoms with E-state index >= 15 is 0 Å². The number of β-amino-alcohol motifs (C(OH)–C–C–N with tert-alkyl or cyclic N) is 1. The van der Waals surface area contributed by atoms with Gasteiger partial charge in [0.2, 0.25) is 5.91 Å². The van der Waals surface area contributed by atoms with Gasteiger partial charge >= 0.3 is 5.97 Å². The van der Waals surface area contributed by atoms with Gasteiger partial charge in [0.05, 0.1) is 11.7 Å². The van der Waals surface area contributed by atoms with Gasteiger partial charge in [-0.3, -0.25) is 4.79 Å². The Kier molecular flexibility index (Phi) is 5.67. The van der Waals surface area contributed by atoms with Crippen LogP contribution in [-0.2, 0) is 16.1 Å². The summed E-state index contributed by atoms with van der Waals surface area (Å²) in [4.78, 5) is 28.3. The Hall–Kier alpha value is -2.29. The summed E-state index contributed by atoms with van der Waals surface area (Å²) < 4.78 is 9.16. The molecule has 1 aromatic heterocycles. The van der Waals surface area contributed by atoms with Gasteiger partial charge in [-0.15, -0.1) is 0 Å². The molecule has 2 aliphatic rings. The van der Waals surface area contributed by atoms with Crippen LogP contribution in [0.25, 0.3) is 0 Å². The zero-order valence-corrected chi connectivity index (χ0v) is 17.4. The van der Waals surface area contributed by atoms with Gasteiger partial charge in [-0.1, -0.05) is 6.07 Å². The van der Waals surface area contributed by atoms with Crippen LogP contribution in [0.3, 0.4) is 0 Å². The lowest BCUT2D eigenvalue weighted by atomic mass is 9.93. The number of aliphatic hydroxyl groups excluding tert-OH is 1. The zero-order valence-electron chi connectivity index (χ0n) is 16.6. The number of aromatic nitrogens is 1. The van der Waals surface area contributed by atoms with Crippen molar-refractivity contribution in [2.24, 2.45) is 5.92 Å². The molecule has 1 amide bonds. The van der Waals surface area contributed by atoms with E-state index in [4.69, 9.17) is 4.74 Å². The highest BCUT2D eigenvalue weighted by Crippen LogP contribution is 2.30.